The zero-order valence-corrected chi connectivity index (χ0v) is 26.4. The van der Waals surface area contributed by atoms with Gasteiger partial charge in [-0.15, -0.1) is 0 Å². The number of anilines is 1. The number of hydrogen-bond donors (Lipinski definition) is 1. The highest BCUT2D eigenvalue weighted by Gasteiger charge is 2.35. The number of hydrogen-bond acceptors (Lipinski definition) is 5. The molecule has 1 saturated carbocycles. The Hall–Kier alpha value is -3.85. The molecule has 0 aromatic heterocycles. The van der Waals surface area contributed by atoms with Crippen molar-refractivity contribution in [3.8, 4) is 5.75 Å². The summed E-state index contributed by atoms with van der Waals surface area (Å²) < 4.78 is 34.6. The molecule has 0 spiro atoms. The molecule has 43 heavy (non-hydrogen) atoms. The molecule has 1 aliphatic carbocycles. The van der Waals surface area contributed by atoms with Crippen LogP contribution in [-0.2, 0) is 26.2 Å². The molecule has 2 amide bonds. The number of carbonyl (C=O) groups is 2. The molecule has 1 aliphatic rings. The molecule has 1 N–H and O–H groups in total. The standard InChI is InChI=1S/C34H43N3O5S/c1-5-31(34(39)35-28-12-8-6-9-13-28)36(23-27-18-20-29(42-4)21-19-27)33(38)24-37(32-22-25(2)16-17-26(32)3)43(40,41)30-14-10-7-11-15-30/h7,10-11,14-22,28,31H,5-6,8-9,12-13,23-24H2,1-4H3,(H,35,39)/t31-/m0/s1. The van der Waals surface area contributed by atoms with Gasteiger partial charge in [0.2, 0.25) is 11.8 Å². The zero-order valence-electron chi connectivity index (χ0n) is 25.6. The maximum Gasteiger partial charge on any atom is 0.264 e. The van der Waals surface area contributed by atoms with Gasteiger partial charge in [-0.25, -0.2) is 8.42 Å². The molecule has 1 atom stereocenters. The fourth-order valence-electron chi connectivity index (χ4n) is 5.61. The van der Waals surface area contributed by atoms with Crippen LogP contribution in [0.3, 0.4) is 0 Å². The van der Waals surface area contributed by atoms with Crippen LogP contribution in [0.5, 0.6) is 5.75 Å². The van der Waals surface area contributed by atoms with Crippen LogP contribution in [0.1, 0.15) is 62.1 Å². The van der Waals surface area contributed by atoms with E-state index < -0.39 is 28.5 Å². The highest BCUT2D eigenvalue weighted by Crippen LogP contribution is 2.29. The number of sulfonamides is 1. The van der Waals surface area contributed by atoms with E-state index in [4.69, 9.17) is 4.74 Å². The monoisotopic (exact) mass is 605 g/mol. The molecule has 4 rings (SSSR count). The van der Waals surface area contributed by atoms with Gasteiger partial charge in [0, 0.05) is 12.6 Å². The van der Waals surface area contributed by atoms with E-state index in [2.05, 4.69) is 5.32 Å². The van der Waals surface area contributed by atoms with Crippen LogP contribution in [0, 0.1) is 13.8 Å². The van der Waals surface area contributed by atoms with Gasteiger partial charge < -0.3 is 15.0 Å². The second-order valence-electron chi connectivity index (χ2n) is 11.3. The predicted octanol–water partition coefficient (Wildman–Crippen LogP) is 5.76. The second-order valence-corrected chi connectivity index (χ2v) is 13.1. The van der Waals surface area contributed by atoms with Crippen LogP contribution in [0.25, 0.3) is 0 Å². The molecule has 8 nitrogen and oxygen atoms in total. The number of ether oxygens (including phenoxy) is 1. The Morgan fingerprint density at radius 2 is 1.63 bits per heavy atom. The number of nitrogens with zero attached hydrogens (tertiary/aromatic N) is 2. The quantitative estimate of drug-likeness (QED) is 0.283. The molecule has 3 aromatic rings. The molecule has 0 bridgehead atoms. The maximum atomic E-state index is 14.3. The average Bonchev–Trinajstić information content (AvgIpc) is 3.02. The Bertz CT molecular complexity index is 1490. The normalized spacial score (nSPS) is 14.5. The third-order valence-corrected chi connectivity index (χ3v) is 9.87. The van der Waals surface area contributed by atoms with E-state index >= 15 is 0 Å². The van der Waals surface area contributed by atoms with Gasteiger partial charge in [0.15, 0.2) is 0 Å². The molecule has 9 heteroatoms. The molecule has 0 radical (unpaired) electrons. The smallest absolute Gasteiger partial charge is 0.264 e. The summed E-state index contributed by atoms with van der Waals surface area (Å²) in [7, 11) is -2.52. The predicted molar refractivity (Wildman–Crippen MR) is 170 cm³/mol. The van der Waals surface area contributed by atoms with E-state index in [1.807, 2.05) is 57.2 Å². The van der Waals surface area contributed by atoms with Gasteiger partial charge in [-0.1, -0.05) is 68.7 Å². The lowest BCUT2D eigenvalue weighted by Gasteiger charge is -2.35. The number of aryl methyl sites for hydroxylation is 2. The Labute approximate surface area is 256 Å². The van der Waals surface area contributed by atoms with E-state index in [9.17, 15) is 18.0 Å². The summed E-state index contributed by atoms with van der Waals surface area (Å²) >= 11 is 0. The molecule has 1 fully saturated rings. The van der Waals surface area contributed by atoms with Gasteiger partial charge in [-0.3, -0.25) is 13.9 Å². The lowest BCUT2D eigenvalue weighted by atomic mass is 9.95. The van der Waals surface area contributed by atoms with E-state index in [1.165, 1.54) is 21.3 Å². The van der Waals surface area contributed by atoms with E-state index in [-0.39, 0.29) is 23.4 Å². The molecule has 0 aliphatic heterocycles. The molecule has 230 valence electrons. The van der Waals surface area contributed by atoms with Crippen LogP contribution in [0.2, 0.25) is 0 Å². The third kappa shape index (κ3) is 7.96. The van der Waals surface area contributed by atoms with Crippen LogP contribution in [0.15, 0.2) is 77.7 Å². The van der Waals surface area contributed by atoms with Crippen molar-refractivity contribution in [3.05, 3.63) is 89.5 Å². The van der Waals surface area contributed by atoms with Crippen molar-refractivity contribution in [1.82, 2.24) is 10.2 Å². The molecule has 0 heterocycles. The van der Waals surface area contributed by atoms with Gasteiger partial charge in [0.05, 0.1) is 17.7 Å². The second kappa shape index (κ2) is 14.6. The van der Waals surface area contributed by atoms with Crippen molar-refractivity contribution in [1.29, 1.82) is 0 Å². The van der Waals surface area contributed by atoms with Gasteiger partial charge in [0.1, 0.15) is 18.3 Å². The van der Waals surface area contributed by atoms with Crippen molar-refractivity contribution in [2.24, 2.45) is 0 Å². The summed E-state index contributed by atoms with van der Waals surface area (Å²) in [5, 5.41) is 3.18. The Balaban J connectivity index is 1.72. The number of rotatable bonds is 12. The van der Waals surface area contributed by atoms with Crippen molar-refractivity contribution in [2.45, 2.75) is 82.8 Å². The highest BCUT2D eigenvalue weighted by molar-refractivity contribution is 7.92. The largest absolute Gasteiger partial charge is 0.497 e. The number of benzene rings is 3. The minimum absolute atomic E-state index is 0.0816. The van der Waals surface area contributed by atoms with Crippen LogP contribution >= 0.6 is 0 Å². The molecule has 3 aromatic carbocycles. The van der Waals surface area contributed by atoms with Crippen molar-refractivity contribution in [3.63, 3.8) is 0 Å². The van der Waals surface area contributed by atoms with Crippen LogP contribution < -0.4 is 14.4 Å². The van der Waals surface area contributed by atoms with Crippen molar-refractivity contribution >= 4 is 27.5 Å². The van der Waals surface area contributed by atoms with E-state index in [0.717, 1.165) is 48.8 Å². The molecular weight excluding hydrogens is 562 g/mol. The zero-order chi connectivity index (χ0) is 31.0. The lowest BCUT2D eigenvalue weighted by Crippen LogP contribution is -2.54. The Morgan fingerprint density at radius 3 is 2.26 bits per heavy atom. The first-order valence-electron chi connectivity index (χ1n) is 15.0. The molecule has 0 unspecified atom stereocenters. The molecular formula is C34H43N3O5S. The van der Waals surface area contributed by atoms with Gasteiger partial charge >= 0.3 is 0 Å². The Kier molecular flexibility index (Phi) is 10.9. The van der Waals surface area contributed by atoms with Gasteiger partial charge in [-0.05, 0) is 80.1 Å². The summed E-state index contributed by atoms with van der Waals surface area (Å²) in [6.07, 6.45) is 5.52. The molecule has 0 saturated heterocycles. The minimum atomic E-state index is -4.11. The fourth-order valence-corrected chi connectivity index (χ4v) is 7.10. The summed E-state index contributed by atoms with van der Waals surface area (Å²) in [4.78, 5) is 29.7. The first-order chi connectivity index (χ1) is 20.6. The fraction of sp³-hybridized carbons (Fsp3) is 0.412. The summed E-state index contributed by atoms with van der Waals surface area (Å²) in [5.41, 5.74) is 2.83. The SMILES string of the molecule is CC[C@@H](C(=O)NC1CCCCC1)N(Cc1ccc(OC)cc1)C(=O)CN(c1cc(C)ccc1C)S(=O)(=O)c1ccccc1. The maximum absolute atomic E-state index is 14.3. The number of carbonyl (C=O) groups excluding carboxylic acids is 2. The van der Waals surface area contributed by atoms with E-state index in [0.29, 0.717) is 17.9 Å². The van der Waals surface area contributed by atoms with Gasteiger partial charge in [0.25, 0.3) is 10.0 Å². The number of amides is 2. The van der Waals surface area contributed by atoms with Gasteiger partial charge in [-0.2, -0.15) is 0 Å². The van der Waals surface area contributed by atoms with Crippen molar-refractivity contribution < 1.29 is 22.7 Å². The van der Waals surface area contributed by atoms with Crippen LogP contribution in [-0.4, -0.2) is 50.9 Å². The lowest BCUT2D eigenvalue weighted by molar-refractivity contribution is -0.140. The summed E-state index contributed by atoms with van der Waals surface area (Å²) in [5.74, 6) is 0.0149. The minimum Gasteiger partial charge on any atom is -0.497 e. The first kappa shape index (κ1) is 32.1. The summed E-state index contributed by atoms with van der Waals surface area (Å²) in [6.45, 7) is 5.28. The average molecular weight is 606 g/mol. The van der Waals surface area contributed by atoms with Crippen molar-refractivity contribution in [2.75, 3.05) is 18.0 Å². The highest BCUT2D eigenvalue weighted by atomic mass is 32.2. The topological polar surface area (TPSA) is 96.0 Å². The third-order valence-electron chi connectivity index (χ3n) is 8.09. The van der Waals surface area contributed by atoms with E-state index in [1.54, 1.807) is 31.4 Å². The Morgan fingerprint density at radius 1 is 0.953 bits per heavy atom. The first-order valence-corrected chi connectivity index (χ1v) is 16.5. The van der Waals surface area contributed by atoms with Crippen LogP contribution in [0.4, 0.5) is 5.69 Å². The number of methoxy groups -OCH3 is 1. The number of nitrogens with one attached hydrogen (secondary N) is 1. The summed E-state index contributed by atoms with van der Waals surface area (Å²) in [6, 6.07) is 20.3.